The summed E-state index contributed by atoms with van der Waals surface area (Å²) in [5, 5.41) is 12.7. The van der Waals surface area contributed by atoms with Crippen LogP contribution < -0.4 is 5.32 Å². The van der Waals surface area contributed by atoms with E-state index in [4.69, 9.17) is 5.11 Å². The number of carbonyl (C=O) groups excluding carboxylic acids is 1. The average Bonchev–Trinajstić information content (AvgIpc) is 2.95. The molecule has 98 valence electrons. The molecule has 2 rings (SSSR count). The third kappa shape index (κ3) is 2.87. The van der Waals surface area contributed by atoms with Crippen LogP contribution >= 0.6 is 11.3 Å². The van der Waals surface area contributed by atoms with Crippen molar-refractivity contribution in [2.75, 3.05) is 11.9 Å². The van der Waals surface area contributed by atoms with Gasteiger partial charge in [0, 0.05) is 13.5 Å². The highest BCUT2D eigenvalue weighted by molar-refractivity contribution is 7.17. The molecule has 0 aromatic carbocycles. The molecule has 1 saturated carbocycles. The highest BCUT2D eigenvalue weighted by Crippen LogP contribution is 2.27. The number of anilines is 1. The lowest BCUT2D eigenvalue weighted by molar-refractivity contribution is 0.0687. The van der Waals surface area contributed by atoms with Crippen LogP contribution in [0.3, 0.4) is 0 Å². The largest absolute Gasteiger partial charge is 0.476 e. The number of carboxylic acid groups (broad SMARTS) is 1. The molecule has 1 aliphatic rings. The lowest BCUT2D eigenvalue weighted by atomic mass is 10.1. The molecular weight excluding hydrogens is 252 g/mol. The Hall–Kier alpha value is -1.43. The molecule has 0 atom stereocenters. The number of rotatable bonds is 5. The van der Waals surface area contributed by atoms with Crippen molar-refractivity contribution >= 4 is 28.2 Å². The molecule has 0 saturated heterocycles. The first-order valence-corrected chi connectivity index (χ1v) is 6.88. The number of ketones is 1. The van der Waals surface area contributed by atoms with Crippen molar-refractivity contribution < 1.29 is 14.7 Å². The number of carboxylic acids is 1. The summed E-state index contributed by atoms with van der Waals surface area (Å²) >= 11 is 1.13. The van der Waals surface area contributed by atoms with Crippen LogP contribution in [0.1, 0.15) is 52.8 Å². The summed E-state index contributed by atoms with van der Waals surface area (Å²) in [5.74, 6) is -0.757. The number of nitrogens with zero attached hydrogens (tertiary/aromatic N) is 1. The van der Waals surface area contributed by atoms with Crippen LogP contribution in [0, 0.1) is 5.92 Å². The van der Waals surface area contributed by atoms with Gasteiger partial charge in [-0.3, -0.25) is 4.79 Å². The average molecular weight is 268 g/mol. The molecule has 1 aliphatic carbocycles. The lowest BCUT2D eigenvalue weighted by Crippen LogP contribution is -2.11. The first kappa shape index (κ1) is 13.0. The van der Waals surface area contributed by atoms with Crippen molar-refractivity contribution in [3.63, 3.8) is 0 Å². The molecule has 0 amide bonds. The third-order valence-electron chi connectivity index (χ3n) is 3.17. The summed E-state index contributed by atoms with van der Waals surface area (Å²) in [6.45, 7) is 2.17. The highest BCUT2D eigenvalue weighted by atomic mass is 32.1. The predicted molar refractivity (Wildman–Crippen MR) is 69.5 cm³/mol. The topological polar surface area (TPSA) is 79.3 Å². The Kier molecular flexibility index (Phi) is 3.96. The monoisotopic (exact) mass is 268 g/mol. The van der Waals surface area contributed by atoms with Gasteiger partial charge in [0.05, 0.1) is 0 Å². The molecule has 0 spiro atoms. The van der Waals surface area contributed by atoms with Crippen molar-refractivity contribution in [3.05, 3.63) is 10.6 Å². The Balaban J connectivity index is 2.06. The molecule has 0 radical (unpaired) electrons. The molecule has 5 nitrogen and oxygen atoms in total. The van der Waals surface area contributed by atoms with Crippen LogP contribution in [0.15, 0.2) is 0 Å². The van der Waals surface area contributed by atoms with E-state index in [9.17, 15) is 9.59 Å². The summed E-state index contributed by atoms with van der Waals surface area (Å²) in [6.07, 6.45) is 4.96. The van der Waals surface area contributed by atoms with Crippen molar-refractivity contribution in [2.45, 2.75) is 32.6 Å². The van der Waals surface area contributed by atoms with E-state index in [1.807, 2.05) is 0 Å². The number of nitrogens with one attached hydrogen (secondary N) is 1. The zero-order valence-corrected chi connectivity index (χ0v) is 11.0. The molecule has 0 bridgehead atoms. The molecule has 18 heavy (non-hydrogen) atoms. The first-order valence-electron chi connectivity index (χ1n) is 6.07. The fraction of sp³-hybridized carbons (Fsp3) is 0.583. The maximum atomic E-state index is 11.3. The summed E-state index contributed by atoms with van der Waals surface area (Å²) in [6, 6.07) is 0. The van der Waals surface area contributed by atoms with Crippen LogP contribution in [0.2, 0.25) is 0 Å². The first-order chi connectivity index (χ1) is 8.58. The zero-order valence-electron chi connectivity index (χ0n) is 10.2. The molecule has 0 aliphatic heterocycles. The van der Waals surface area contributed by atoms with Gasteiger partial charge in [0.1, 0.15) is 4.88 Å². The van der Waals surface area contributed by atoms with Crippen molar-refractivity contribution in [2.24, 2.45) is 5.92 Å². The van der Waals surface area contributed by atoms with Crippen molar-refractivity contribution in [1.29, 1.82) is 0 Å². The number of thiazole rings is 1. The summed E-state index contributed by atoms with van der Waals surface area (Å²) in [4.78, 5) is 26.5. The van der Waals surface area contributed by atoms with E-state index in [1.54, 1.807) is 0 Å². The lowest BCUT2D eigenvalue weighted by Gasteiger charge is -2.08. The minimum atomic E-state index is -1.15. The van der Waals surface area contributed by atoms with Crippen LogP contribution in [-0.2, 0) is 0 Å². The number of Topliss-reactive ketones (excluding diaryl/α,β-unsaturated/α-hetero) is 1. The summed E-state index contributed by atoms with van der Waals surface area (Å²) in [7, 11) is 0. The number of hydrogen-bond donors (Lipinski definition) is 2. The normalized spacial score (nSPS) is 15.8. The Morgan fingerprint density at radius 2 is 2.11 bits per heavy atom. The molecule has 0 unspecified atom stereocenters. The molecule has 1 heterocycles. The molecule has 1 aromatic heterocycles. The second-order valence-corrected chi connectivity index (χ2v) is 5.59. The molecule has 1 aromatic rings. The summed E-state index contributed by atoms with van der Waals surface area (Å²) in [5.41, 5.74) is -0.138. The van der Waals surface area contributed by atoms with Crippen LogP contribution in [-0.4, -0.2) is 28.4 Å². The Morgan fingerprint density at radius 1 is 1.44 bits per heavy atom. The van der Waals surface area contributed by atoms with Gasteiger partial charge in [0.15, 0.2) is 16.6 Å². The fourth-order valence-corrected chi connectivity index (χ4v) is 3.08. The quantitative estimate of drug-likeness (QED) is 0.802. The number of hydrogen-bond acceptors (Lipinski definition) is 5. The summed E-state index contributed by atoms with van der Waals surface area (Å²) < 4.78 is 0. The second-order valence-electron chi connectivity index (χ2n) is 4.59. The fourth-order valence-electron chi connectivity index (χ4n) is 2.23. The maximum absolute atomic E-state index is 11.3. The highest BCUT2D eigenvalue weighted by Gasteiger charge is 2.21. The number of aromatic carboxylic acids is 1. The number of aromatic nitrogens is 1. The van der Waals surface area contributed by atoms with Crippen LogP contribution in [0.5, 0.6) is 0 Å². The van der Waals surface area contributed by atoms with Gasteiger partial charge in [-0.1, -0.05) is 24.2 Å². The van der Waals surface area contributed by atoms with E-state index in [0.717, 1.165) is 17.9 Å². The second kappa shape index (κ2) is 5.48. The van der Waals surface area contributed by atoms with Crippen LogP contribution in [0.25, 0.3) is 0 Å². The van der Waals surface area contributed by atoms with E-state index >= 15 is 0 Å². The van der Waals surface area contributed by atoms with Crippen LogP contribution in [0.4, 0.5) is 5.13 Å². The van der Waals surface area contributed by atoms with E-state index in [-0.39, 0.29) is 16.4 Å². The maximum Gasteiger partial charge on any atom is 0.356 e. The molecule has 6 heteroatoms. The smallest absolute Gasteiger partial charge is 0.356 e. The van der Waals surface area contributed by atoms with Gasteiger partial charge in [0.2, 0.25) is 0 Å². The predicted octanol–water partition coefficient (Wildman–Crippen LogP) is 2.65. The van der Waals surface area contributed by atoms with Gasteiger partial charge in [-0.25, -0.2) is 9.78 Å². The van der Waals surface area contributed by atoms with Crippen molar-refractivity contribution in [3.8, 4) is 0 Å². The van der Waals surface area contributed by atoms with E-state index in [2.05, 4.69) is 10.3 Å². The van der Waals surface area contributed by atoms with Gasteiger partial charge >= 0.3 is 5.97 Å². The minimum Gasteiger partial charge on any atom is -0.476 e. The Labute approximate surface area is 109 Å². The van der Waals surface area contributed by atoms with Gasteiger partial charge in [-0.05, 0) is 18.8 Å². The standard InChI is InChI=1S/C12H16N2O3S/c1-7(15)10-9(11(16)17)14-12(18-10)13-6-8-4-2-3-5-8/h8H,2-6H2,1H3,(H,13,14)(H,16,17). The third-order valence-corrected chi connectivity index (χ3v) is 4.28. The van der Waals surface area contributed by atoms with Gasteiger partial charge in [0.25, 0.3) is 0 Å². The minimum absolute atomic E-state index is 0.138. The van der Waals surface area contributed by atoms with E-state index in [1.165, 1.54) is 32.6 Å². The van der Waals surface area contributed by atoms with Gasteiger partial charge in [-0.2, -0.15) is 0 Å². The van der Waals surface area contributed by atoms with Gasteiger partial charge < -0.3 is 10.4 Å². The number of carbonyl (C=O) groups is 2. The zero-order chi connectivity index (χ0) is 13.1. The van der Waals surface area contributed by atoms with Gasteiger partial charge in [-0.15, -0.1) is 0 Å². The van der Waals surface area contributed by atoms with E-state index in [0.29, 0.717) is 11.0 Å². The molecule has 2 N–H and O–H groups in total. The van der Waals surface area contributed by atoms with Crippen molar-refractivity contribution in [1.82, 2.24) is 4.98 Å². The molecular formula is C12H16N2O3S. The Bertz CT molecular complexity index is 432. The Morgan fingerprint density at radius 3 is 2.61 bits per heavy atom. The SMILES string of the molecule is CC(=O)c1sc(NCC2CCCC2)nc1C(=O)O. The van der Waals surface area contributed by atoms with E-state index < -0.39 is 5.97 Å². The molecule has 1 fully saturated rings.